The molecule has 4 amide bonds. The summed E-state index contributed by atoms with van der Waals surface area (Å²) in [7, 11) is 0. The predicted octanol–water partition coefficient (Wildman–Crippen LogP) is 2.83. The first-order valence-electron chi connectivity index (χ1n) is 10.6. The van der Waals surface area contributed by atoms with Gasteiger partial charge in [0.1, 0.15) is 11.6 Å². The molecule has 2 aliphatic rings. The van der Waals surface area contributed by atoms with Gasteiger partial charge in [0.25, 0.3) is 0 Å². The highest BCUT2D eigenvalue weighted by Gasteiger charge is 2.38. The molecule has 2 aromatic carbocycles. The number of anilines is 1. The third-order valence-corrected chi connectivity index (χ3v) is 5.92. The SMILES string of the molecule is O=C(Nc1ccc(F)cc1)N1CCC(N2CCN(Cc3ccc(F)cc3)C(=O)C2=O)CC1. The number of benzene rings is 2. The van der Waals surface area contributed by atoms with Crippen LogP contribution >= 0.6 is 0 Å². The average molecular weight is 442 g/mol. The Morgan fingerprint density at radius 1 is 0.844 bits per heavy atom. The summed E-state index contributed by atoms with van der Waals surface area (Å²) in [5.74, 6) is -1.82. The summed E-state index contributed by atoms with van der Waals surface area (Å²) in [5.41, 5.74) is 1.28. The van der Waals surface area contributed by atoms with Crippen LogP contribution in [0, 0.1) is 11.6 Å². The minimum absolute atomic E-state index is 0.103. The van der Waals surface area contributed by atoms with Gasteiger partial charge in [-0.2, -0.15) is 0 Å². The number of hydrogen-bond donors (Lipinski definition) is 1. The zero-order valence-corrected chi connectivity index (χ0v) is 17.5. The van der Waals surface area contributed by atoms with Gasteiger partial charge in [0.05, 0.1) is 0 Å². The Labute approximate surface area is 184 Å². The maximum Gasteiger partial charge on any atom is 0.321 e. The highest BCUT2D eigenvalue weighted by molar-refractivity contribution is 6.35. The Morgan fingerprint density at radius 2 is 1.44 bits per heavy atom. The van der Waals surface area contributed by atoms with Crippen molar-refractivity contribution in [3.63, 3.8) is 0 Å². The number of nitrogens with zero attached hydrogens (tertiary/aromatic N) is 3. The fourth-order valence-electron chi connectivity index (χ4n) is 4.12. The van der Waals surface area contributed by atoms with Gasteiger partial charge in [0.2, 0.25) is 0 Å². The number of carbonyl (C=O) groups is 3. The average Bonchev–Trinajstić information content (AvgIpc) is 2.80. The molecule has 168 valence electrons. The Bertz CT molecular complexity index is 989. The molecule has 0 atom stereocenters. The van der Waals surface area contributed by atoms with Crippen molar-refractivity contribution in [2.24, 2.45) is 0 Å². The number of nitrogens with one attached hydrogen (secondary N) is 1. The Hall–Kier alpha value is -3.49. The number of rotatable bonds is 4. The fraction of sp³-hybridized carbons (Fsp3) is 0.348. The quantitative estimate of drug-likeness (QED) is 0.741. The third kappa shape index (κ3) is 4.87. The van der Waals surface area contributed by atoms with Gasteiger partial charge >= 0.3 is 17.8 Å². The summed E-state index contributed by atoms with van der Waals surface area (Å²) in [6.07, 6.45) is 1.15. The van der Waals surface area contributed by atoms with E-state index in [-0.39, 0.29) is 30.3 Å². The number of piperazine rings is 1. The van der Waals surface area contributed by atoms with Crippen molar-refractivity contribution >= 4 is 23.5 Å². The first kappa shape index (κ1) is 21.7. The number of likely N-dealkylation sites (tertiary alicyclic amines) is 1. The van der Waals surface area contributed by atoms with E-state index in [1.165, 1.54) is 41.3 Å². The van der Waals surface area contributed by atoms with Crippen molar-refractivity contribution in [2.45, 2.75) is 25.4 Å². The van der Waals surface area contributed by atoms with E-state index in [1.54, 1.807) is 21.9 Å². The molecule has 9 heteroatoms. The van der Waals surface area contributed by atoms with E-state index in [0.717, 1.165) is 5.56 Å². The van der Waals surface area contributed by atoms with Crippen molar-refractivity contribution in [2.75, 3.05) is 31.5 Å². The fourth-order valence-corrected chi connectivity index (χ4v) is 4.12. The van der Waals surface area contributed by atoms with Gasteiger partial charge in [-0.3, -0.25) is 9.59 Å². The molecule has 2 aliphatic heterocycles. The minimum Gasteiger partial charge on any atom is -0.330 e. The van der Waals surface area contributed by atoms with Crippen molar-refractivity contribution in [1.29, 1.82) is 0 Å². The molecule has 32 heavy (non-hydrogen) atoms. The molecule has 0 unspecified atom stereocenters. The van der Waals surface area contributed by atoms with Gasteiger partial charge < -0.3 is 20.0 Å². The molecule has 0 bridgehead atoms. The van der Waals surface area contributed by atoms with Crippen LogP contribution in [0.15, 0.2) is 48.5 Å². The summed E-state index contributed by atoms with van der Waals surface area (Å²) in [6.45, 7) is 2.01. The number of halogens is 2. The Kier molecular flexibility index (Phi) is 6.34. The number of urea groups is 1. The number of carbonyl (C=O) groups excluding carboxylic acids is 3. The lowest BCUT2D eigenvalue weighted by Gasteiger charge is -2.42. The Balaban J connectivity index is 1.28. The van der Waals surface area contributed by atoms with Crippen LogP contribution in [-0.4, -0.2) is 64.8 Å². The predicted molar refractivity (Wildman–Crippen MR) is 114 cm³/mol. The summed E-state index contributed by atoms with van der Waals surface area (Å²) in [6, 6.07) is 11.0. The second-order valence-corrected chi connectivity index (χ2v) is 8.01. The summed E-state index contributed by atoms with van der Waals surface area (Å²) in [4.78, 5) is 42.5. The van der Waals surface area contributed by atoms with E-state index in [9.17, 15) is 23.2 Å². The zero-order valence-electron chi connectivity index (χ0n) is 17.5. The molecule has 7 nitrogen and oxygen atoms in total. The van der Waals surface area contributed by atoms with E-state index in [4.69, 9.17) is 0 Å². The molecule has 1 N–H and O–H groups in total. The van der Waals surface area contributed by atoms with Crippen molar-refractivity contribution in [1.82, 2.24) is 14.7 Å². The van der Waals surface area contributed by atoms with Gasteiger partial charge in [-0.15, -0.1) is 0 Å². The highest BCUT2D eigenvalue weighted by atomic mass is 19.1. The van der Waals surface area contributed by atoms with Crippen LogP contribution in [0.2, 0.25) is 0 Å². The zero-order chi connectivity index (χ0) is 22.7. The lowest BCUT2D eigenvalue weighted by Crippen LogP contribution is -2.59. The largest absolute Gasteiger partial charge is 0.330 e. The van der Waals surface area contributed by atoms with Crippen LogP contribution < -0.4 is 5.32 Å². The summed E-state index contributed by atoms with van der Waals surface area (Å²) in [5, 5.41) is 2.74. The molecule has 2 heterocycles. The van der Waals surface area contributed by atoms with Crippen molar-refractivity contribution in [3.05, 3.63) is 65.7 Å². The van der Waals surface area contributed by atoms with Crippen LogP contribution in [0.25, 0.3) is 0 Å². The summed E-state index contributed by atoms with van der Waals surface area (Å²) < 4.78 is 26.1. The standard InChI is InChI=1S/C23H24F2N4O3/c24-17-3-1-16(2-4-17)15-28-13-14-29(22(31)21(28)30)20-9-11-27(12-10-20)23(32)26-19-7-5-18(25)6-8-19/h1-8,20H,9-15H2,(H,26,32). The summed E-state index contributed by atoms with van der Waals surface area (Å²) >= 11 is 0. The van der Waals surface area contributed by atoms with Gasteiger partial charge in [-0.25, -0.2) is 13.6 Å². The maximum absolute atomic E-state index is 13.1. The molecule has 2 fully saturated rings. The van der Waals surface area contributed by atoms with Crippen LogP contribution in [0.1, 0.15) is 18.4 Å². The van der Waals surface area contributed by atoms with E-state index in [1.807, 2.05) is 0 Å². The van der Waals surface area contributed by atoms with Crippen LogP contribution in [-0.2, 0) is 16.1 Å². The molecular weight excluding hydrogens is 418 g/mol. The Morgan fingerprint density at radius 3 is 2.06 bits per heavy atom. The molecule has 0 spiro atoms. The molecule has 0 radical (unpaired) electrons. The van der Waals surface area contributed by atoms with E-state index < -0.39 is 11.8 Å². The van der Waals surface area contributed by atoms with Gasteiger partial charge in [-0.1, -0.05) is 12.1 Å². The topological polar surface area (TPSA) is 73.0 Å². The second kappa shape index (κ2) is 9.33. The molecule has 2 aromatic rings. The molecular formula is C23H24F2N4O3. The van der Waals surface area contributed by atoms with Crippen LogP contribution in [0.5, 0.6) is 0 Å². The minimum atomic E-state index is -0.558. The molecule has 0 aromatic heterocycles. The number of piperidine rings is 1. The highest BCUT2D eigenvalue weighted by Crippen LogP contribution is 2.21. The van der Waals surface area contributed by atoms with Crippen molar-refractivity contribution < 1.29 is 23.2 Å². The lowest BCUT2D eigenvalue weighted by atomic mass is 10.0. The third-order valence-electron chi connectivity index (χ3n) is 5.92. The van der Waals surface area contributed by atoms with E-state index in [0.29, 0.717) is 44.7 Å². The molecule has 0 aliphatic carbocycles. The molecule has 4 rings (SSSR count). The first-order chi connectivity index (χ1) is 15.4. The van der Waals surface area contributed by atoms with E-state index in [2.05, 4.69) is 5.32 Å². The molecule has 0 saturated carbocycles. The second-order valence-electron chi connectivity index (χ2n) is 8.01. The number of amides is 4. The first-order valence-corrected chi connectivity index (χ1v) is 10.6. The van der Waals surface area contributed by atoms with Crippen LogP contribution in [0.4, 0.5) is 19.3 Å². The normalized spacial score (nSPS) is 17.6. The van der Waals surface area contributed by atoms with Gasteiger partial charge in [-0.05, 0) is 54.8 Å². The van der Waals surface area contributed by atoms with Gasteiger partial charge in [0.15, 0.2) is 0 Å². The lowest BCUT2D eigenvalue weighted by molar-refractivity contribution is -0.158. The number of hydrogen-bond acceptors (Lipinski definition) is 3. The maximum atomic E-state index is 13.1. The van der Waals surface area contributed by atoms with Crippen molar-refractivity contribution in [3.8, 4) is 0 Å². The smallest absolute Gasteiger partial charge is 0.321 e. The molecule has 2 saturated heterocycles. The van der Waals surface area contributed by atoms with Crippen LogP contribution in [0.3, 0.4) is 0 Å². The van der Waals surface area contributed by atoms with E-state index >= 15 is 0 Å². The van der Waals surface area contributed by atoms with Gasteiger partial charge in [0, 0.05) is 44.5 Å². The monoisotopic (exact) mass is 442 g/mol.